The van der Waals surface area contributed by atoms with Crippen molar-refractivity contribution < 1.29 is 19.1 Å². The van der Waals surface area contributed by atoms with E-state index in [9.17, 15) is 14.4 Å². The molecule has 4 aliphatic carbocycles. The van der Waals surface area contributed by atoms with Crippen LogP contribution in [0.15, 0.2) is 11.3 Å². The molecule has 5 fully saturated rings. The smallest absolute Gasteiger partial charge is 0.238 e. The van der Waals surface area contributed by atoms with Crippen LogP contribution in [0.25, 0.3) is 0 Å². The fraction of sp³-hybridized carbons (Fsp3) is 0.783. The summed E-state index contributed by atoms with van der Waals surface area (Å²) in [6, 6.07) is 0. The highest BCUT2D eigenvalue weighted by atomic mass is 16.5. The standard InChI is InChI=1S/C23H30O4/c1-20(2)11-7-9-22(20,5)18(25)13(11)16-15(24)17(27-16)14-12-8-10-23(6,19(14)26)21(12,3)4/h11-13,16H,7-10H2,1-6H3/b17-14-/t11-,12-,13-,16+,22-,23-/m0/s1. The fourth-order valence-electron chi connectivity index (χ4n) is 7.38. The van der Waals surface area contributed by atoms with Crippen LogP contribution in [0.3, 0.4) is 0 Å². The van der Waals surface area contributed by atoms with Crippen molar-refractivity contribution in [3.63, 3.8) is 0 Å². The fourth-order valence-corrected chi connectivity index (χ4v) is 7.38. The lowest BCUT2D eigenvalue weighted by Crippen LogP contribution is -2.50. The van der Waals surface area contributed by atoms with Crippen molar-refractivity contribution in [2.45, 2.75) is 73.3 Å². The predicted molar refractivity (Wildman–Crippen MR) is 99.6 cm³/mol. The zero-order chi connectivity index (χ0) is 19.7. The minimum atomic E-state index is -0.672. The number of carbonyl (C=O) groups is 3. The third kappa shape index (κ3) is 1.59. The molecule has 5 rings (SSSR count). The maximum atomic E-state index is 13.1. The average Bonchev–Trinajstić information content (AvgIpc) is 3.07. The van der Waals surface area contributed by atoms with Gasteiger partial charge in [-0.15, -0.1) is 0 Å². The monoisotopic (exact) mass is 370 g/mol. The van der Waals surface area contributed by atoms with Gasteiger partial charge in [0.2, 0.25) is 5.78 Å². The van der Waals surface area contributed by atoms with Crippen LogP contribution in [0.2, 0.25) is 0 Å². The van der Waals surface area contributed by atoms with Crippen molar-refractivity contribution in [2.75, 3.05) is 0 Å². The van der Waals surface area contributed by atoms with E-state index in [1.165, 1.54) is 0 Å². The second-order valence-corrected chi connectivity index (χ2v) is 11.2. The number of fused-ring (bicyclic) bond motifs is 4. The van der Waals surface area contributed by atoms with Crippen LogP contribution in [0.1, 0.15) is 67.2 Å². The molecule has 0 N–H and O–H groups in total. The van der Waals surface area contributed by atoms with E-state index in [-0.39, 0.29) is 57.1 Å². The molecule has 5 aliphatic rings. The molecular weight excluding hydrogens is 340 g/mol. The van der Waals surface area contributed by atoms with Crippen molar-refractivity contribution in [1.29, 1.82) is 0 Å². The van der Waals surface area contributed by atoms with Crippen molar-refractivity contribution >= 4 is 17.3 Å². The van der Waals surface area contributed by atoms with Crippen LogP contribution in [-0.4, -0.2) is 23.5 Å². The number of rotatable bonds is 1. The van der Waals surface area contributed by atoms with E-state index in [1.54, 1.807) is 0 Å². The molecule has 0 aromatic carbocycles. The Bertz CT molecular complexity index is 846. The van der Waals surface area contributed by atoms with Crippen molar-refractivity contribution in [1.82, 2.24) is 0 Å². The number of allylic oxidation sites excluding steroid dienone is 1. The van der Waals surface area contributed by atoms with Crippen molar-refractivity contribution in [3.05, 3.63) is 11.3 Å². The summed E-state index contributed by atoms with van der Waals surface area (Å²) in [5.41, 5.74) is -0.368. The zero-order valence-corrected chi connectivity index (χ0v) is 17.3. The summed E-state index contributed by atoms with van der Waals surface area (Å²) in [5, 5.41) is 0. The lowest BCUT2D eigenvalue weighted by Gasteiger charge is -2.39. The van der Waals surface area contributed by atoms with E-state index in [1.807, 2.05) is 6.92 Å². The zero-order valence-electron chi connectivity index (χ0n) is 17.3. The molecule has 1 saturated heterocycles. The second-order valence-electron chi connectivity index (χ2n) is 11.2. The lowest BCUT2D eigenvalue weighted by atomic mass is 9.70. The highest BCUT2D eigenvalue weighted by Crippen LogP contribution is 2.69. The summed E-state index contributed by atoms with van der Waals surface area (Å²) < 4.78 is 6.03. The Morgan fingerprint density at radius 1 is 0.852 bits per heavy atom. The molecule has 146 valence electrons. The van der Waals surface area contributed by atoms with Gasteiger partial charge in [-0.25, -0.2) is 0 Å². The van der Waals surface area contributed by atoms with Crippen molar-refractivity contribution in [2.24, 2.45) is 39.4 Å². The number of ether oxygens (including phenoxy) is 1. The lowest BCUT2D eigenvalue weighted by molar-refractivity contribution is -0.156. The first-order valence-electron chi connectivity index (χ1n) is 10.4. The van der Waals surface area contributed by atoms with Crippen LogP contribution >= 0.6 is 0 Å². The van der Waals surface area contributed by atoms with E-state index in [2.05, 4.69) is 34.6 Å². The molecule has 4 heteroatoms. The van der Waals surface area contributed by atoms with Gasteiger partial charge in [-0.1, -0.05) is 41.5 Å². The third-order valence-electron chi connectivity index (χ3n) is 10.2. The number of ketones is 3. The molecule has 6 atom stereocenters. The number of hydrogen-bond donors (Lipinski definition) is 0. The average molecular weight is 370 g/mol. The molecule has 0 radical (unpaired) electrons. The summed E-state index contributed by atoms with van der Waals surface area (Å²) >= 11 is 0. The van der Waals surface area contributed by atoms with E-state index in [0.717, 1.165) is 25.7 Å². The van der Waals surface area contributed by atoms with Crippen LogP contribution in [0.4, 0.5) is 0 Å². The summed E-state index contributed by atoms with van der Waals surface area (Å²) in [4.78, 5) is 39.4. The van der Waals surface area contributed by atoms with Crippen LogP contribution in [0.5, 0.6) is 0 Å². The van der Waals surface area contributed by atoms with E-state index in [4.69, 9.17) is 4.74 Å². The molecule has 4 nitrogen and oxygen atoms in total. The van der Waals surface area contributed by atoms with E-state index in [0.29, 0.717) is 5.57 Å². The first-order chi connectivity index (χ1) is 12.4. The first-order valence-corrected chi connectivity index (χ1v) is 10.4. The number of carbonyl (C=O) groups excluding carboxylic acids is 3. The molecule has 4 bridgehead atoms. The molecule has 0 unspecified atom stereocenters. The molecule has 0 spiro atoms. The van der Waals surface area contributed by atoms with Crippen LogP contribution < -0.4 is 0 Å². The molecule has 0 amide bonds. The Balaban J connectivity index is 1.48. The Morgan fingerprint density at radius 2 is 1.48 bits per heavy atom. The highest BCUT2D eigenvalue weighted by Gasteiger charge is 2.71. The Labute approximate surface area is 161 Å². The SMILES string of the molecule is CC1(C)[C@H]2CC[C@@]1(C)C(=O)/C2=C1\O[C@H]([C@H]2C(=O)[C@]3(C)CC[C@@H]2C3(C)C)C1=O. The van der Waals surface area contributed by atoms with Gasteiger partial charge in [0.1, 0.15) is 5.78 Å². The van der Waals surface area contributed by atoms with Gasteiger partial charge in [-0.2, -0.15) is 0 Å². The van der Waals surface area contributed by atoms with Gasteiger partial charge in [-0.3, -0.25) is 14.4 Å². The normalized spacial score (nSPS) is 51.7. The molecular formula is C23H30O4. The quantitative estimate of drug-likeness (QED) is 0.657. The van der Waals surface area contributed by atoms with Crippen molar-refractivity contribution in [3.8, 4) is 0 Å². The van der Waals surface area contributed by atoms with Gasteiger partial charge in [-0.05, 0) is 48.3 Å². The Morgan fingerprint density at radius 3 is 1.96 bits per heavy atom. The highest BCUT2D eigenvalue weighted by molar-refractivity contribution is 6.15. The van der Waals surface area contributed by atoms with Crippen LogP contribution in [0, 0.1) is 39.4 Å². The summed E-state index contributed by atoms with van der Waals surface area (Å²) in [7, 11) is 0. The van der Waals surface area contributed by atoms with Gasteiger partial charge in [0.25, 0.3) is 0 Å². The van der Waals surface area contributed by atoms with Crippen LogP contribution in [-0.2, 0) is 19.1 Å². The molecule has 27 heavy (non-hydrogen) atoms. The summed E-state index contributed by atoms with van der Waals surface area (Å²) in [5.74, 6) is 0.420. The summed E-state index contributed by atoms with van der Waals surface area (Å²) in [6.45, 7) is 12.7. The Kier molecular flexibility index (Phi) is 2.99. The minimum Gasteiger partial charge on any atom is -0.477 e. The van der Waals surface area contributed by atoms with Gasteiger partial charge >= 0.3 is 0 Å². The van der Waals surface area contributed by atoms with Gasteiger partial charge < -0.3 is 4.74 Å². The predicted octanol–water partition coefficient (Wildman–Crippen LogP) is 3.88. The summed E-state index contributed by atoms with van der Waals surface area (Å²) in [6.07, 6.45) is 3.03. The number of hydrogen-bond acceptors (Lipinski definition) is 4. The largest absolute Gasteiger partial charge is 0.477 e. The molecule has 4 saturated carbocycles. The molecule has 0 aromatic rings. The maximum absolute atomic E-state index is 13.1. The maximum Gasteiger partial charge on any atom is 0.238 e. The van der Waals surface area contributed by atoms with Gasteiger partial charge in [0.05, 0.1) is 5.92 Å². The third-order valence-corrected chi connectivity index (χ3v) is 10.2. The van der Waals surface area contributed by atoms with E-state index >= 15 is 0 Å². The van der Waals surface area contributed by atoms with Gasteiger partial charge in [0, 0.05) is 16.4 Å². The first kappa shape index (κ1) is 17.6. The minimum absolute atomic E-state index is 0.0945. The molecule has 0 aromatic heterocycles. The Hall–Kier alpha value is -1.45. The topological polar surface area (TPSA) is 60.4 Å². The van der Waals surface area contributed by atoms with E-state index < -0.39 is 11.5 Å². The number of Topliss-reactive ketones (excluding diaryl/α,β-unsaturated/α-hetero) is 3. The molecule has 1 heterocycles. The molecule has 1 aliphatic heterocycles. The second kappa shape index (κ2) is 4.58. The van der Waals surface area contributed by atoms with Gasteiger partial charge in [0.15, 0.2) is 17.6 Å².